The molecular formula is C25H32N2O3. The van der Waals surface area contributed by atoms with Gasteiger partial charge in [0.15, 0.2) is 0 Å². The Labute approximate surface area is 179 Å². The summed E-state index contributed by atoms with van der Waals surface area (Å²) in [5.74, 6) is 0.888. The van der Waals surface area contributed by atoms with Crippen molar-refractivity contribution < 1.29 is 14.3 Å². The summed E-state index contributed by atoms with van der Waals surface area (Å²) in [6, 6.07) is 15.8. The van der Waals surface area contributed by atoms with Crippen molar-refractivity contribution in [3.05, 3.63) is 59.7 Å². The van der Waals surface area contributed by atoms with Gasteiger partial charge in [-0.05, 0) is 37.5 Å². The number of nitrogens with zero attached hydrogens (tertiary/aromatic N) is 1. The average Bonchev–Trinajstić information content (AvgIpc) is 3.29. The summed E-state index contributed by atoms with van der Waals surface area (Å²) in [7, 11) is 0. The van der Waals surface area contributed by atoms with Gasteiger partial charge < -0.3 is 19.7 Å². The highest BCUT2D eigenvalue weighted by Gasteiger charge is 2.36. The molecule has 30 heavy (non-hydrogen) atoms. The molecule has 0 bridgehead atoms. The van der Waals surface area contributed by atoms with Gasteiger partial charge in [0.25, 0.3) is 5.91 Å². The molecule has 4 rings (SSSR count). The lowest BCUT2D eigenvalue weighted by atomic mass is 10.0. The Balaban J connectivity index is 1.59. The summed E-state index contributed by atoms with van der Waals surface area (Å²) in [5, 5.41) is 3.59. The first-order valence-electron chi connectivity index (χ1n) is 11.3. The Morgan fingerprint density at radius 3 is 2.77 bits per heavy atom. The van der Waals surface area contributed by atoms with E-state index in [1.54, 1.807) is 0 Å². The number of carbonyl (C=O) groups is 1. The number of carbonyl (C=O) groups excluding carboxylic acids is 1. The number of nitrogens with one attached hydrogen (secondary N) is 1. The molecule has 1 saturated heterocycles. The average molecular weight is 409 g/mol. The van der Waals surface area contributed by atoms with Crippen molar-refractivity contribution in [2.75, 3.05) is 25.1 Å². The van der Waals surface area contributed by atoms with Crippen LogP contribution in [-0.4, -0.2) is 36.7 Å². The number of hydrogen-bond acceptors (Lipinski definition) is 4. The molecule has 2 heterocycles. The number of rotatable bonds is 9. The van der Waals surface area contributed by atoms with Crippen LogP contribution in [0.25, 0.3) is 0 Å². The van der Waals surface area contributed by atoms with Gasteiger partial charge in [0.1, 0.15) is 11.9 Å². The summed E-state index contributed by atoms with van der Waals surface area (Å²) in [5.41, 5.74) is 2.58. The Morgan fingerprint density at radius 1 is 1.10 bits per heavy atom. The molecule has 1 amide bonds. The molecule has 0 spiro atoms. The van der Waals surface area contributed by atoms with Crippen LogP contribution in [0.1, 0.15) is 67.5 Å². The van der Waals surface area contributed by atoms with E-state index in [1.165, 1.54) is 19.3 Å². The second-order valence-electron chi connectivity index (χ2n) is 8.13. The lowest BCUT2D eigenvalue weighted by Crippen LogP contribution is -2.46. The van der Waals surface area contributed by atoms with Gasteiger partial charge in [-0.1, -0.05) is 56.5 Å². The van der Waals surface area contributed by atoms with E-state index in [-0.39, 0.29) is 18.2 Å². The highest BCUT2D eigenvalue weighted by atomic mass is 16.5. The van der Waals surface area contributed by atoms with Crippen molar-refractivity contribution >= 4 is 11.6 Å². The van der Waals surface area contributed by atoms with E-state index in [9.17, 15) is 4.79 Å². The molecule has 2 aliphatic rings. The molecule has 5 heteroatoms. The SMILES string of the molecule is CCCCCCOc1ccccc1C1Nc2ccccc2C(=O)N1CC1CCCO1. The van der Waals surface area contributed by atoms with Crippen LogP contribution in [0.4, 0.5) is 5.69 Å². The van der Waals surface area contributed by atoms with Gasteiger partial charge >= 0.3 is 0 Å². The molecule has 160 valence electrons. The normalized spacial score (nSPS) is 20.7. The van der Waals surface area contributed by atoms with E-state index in [1.807, 2.05) is 47.4 Å². The predicted octanol–water partition coefficient (Wildman–Crippen LogP) is 5.39. The van der Waals surface area contributed by atoms with E-state index in [0.717, 1.165) is 42.9 Å². The van der Waals surface area contributed by atoms with E-state index in [2.05, 4.69) is 18.3 Å². The van der Waals surface area contributed by atoms with Crippen LogP contribution < -0.4 is 10.1 Å². The fraction of sp³-hybridized carbons (Fsp3) is 0.480. The van der Waals surface area contributed by atoms with Crippen LogP contribution in [0.5, 0.6) is 5.75 Å². The van der Waals surface area contributed by atoms with Crippen molar-refractivity contribution in [2.45, 2.75) is 57.7 Å². The zero-order chi connectivity index (χ0) is 20.8. The Kier molecular flexibility index (Phi) is 6.90. The van der Waals surface area contributed by atoms with Gasteiger partial charge in [0.05, 0.1) is 18.3 Å². The van der Waals surface area contributed by atoms with E-state index in [4.69, 9.17) is 9.47 Å². The maximum Gasteiger partial charge on any atom is 0.257 e. The van der Waals surface area contributed by atoms with Crippen molar-refractivity contribution in [1.82, 2.24) is 4.90 Å². The highest BCUT2D eigenvalue weighted by Crippen LogP contribution is 2.37. The van der Waals surface area contributed by atoms with Crippen LogP contribution in [0.15, 0.2) is 48.5 Å². The Morgan fingerprint density at radius 2 is 1.93 bits per heavy atom. The van der Waals surface area contributed by atoms with Gasteiger partial charge in [0, 0.05) is 24.4 Å². The van der Waals surface area contributed by atoms with Crippen LogP contribution in [0, 0.1) is 0 Å². The molecule has 2 aromatic carbocycles. The topological polar surface area (TPSA) is 50.8 Å². The number of benzene rings is 2. The first-order valence-corrected chi connectivity index (χ1v) is 11.3. The Hall–Kier alpha value is -2.53. The van der Waals surface area contributed by atoms with Gasteiger partial charge in [-0.2, -0.15) is 0 Å². The molecule has 0 aromatic heterocycles. The van der Waals surface area contributed by atoms with Gasteiger partial charge in [-0.25, -0.2) is 0 Å². The van der Waals surface area contributed by atoms with Crippen LogP contribution in [0.3, 0.4) is 0 Å². The minimum absolute atomic E-state index is 0.0441. The number of para-hydroxylation sites is 2. The fourth-order valence-electron chi connectivity index (χ4n) is 4.28. The number of amides is 1. The van der Waals surface area contributed by atoms with Crippen molar-refractivity contribution in [1.29, 1.82) is 0 Å². The third-order valence-corrected chi connectivity index (χ3v) is 5.92. The van der Waals surface area contributed by atoms with Gasteiger partial charge in [-0.15, -0.1) is 0 Å². The minimum Gasteiger partial charge on any atom is -0.493 e. The Bertz CT molecular complexity index is 848. The molecule has 2 atom stereocenters. The summed E-state index contributed by atoms with van der Waals surface area (Å²) >= 11 is 0. The van der Waals surface area contributed by atoms with Crippen molar-refractivity contribution in [3.63, 3.8) is 0 Å². The summed E-state index contributed by atoms with van der Waals surface area (Å²) in [6.07, 6.45) is 6.53. The monoisotopic (exact) mass is 408 g/mol. The third-order valence-electron chi connectivity index (χ3n) is 5.92. The lowest BCUT2D eigenvalue weighted by Gasteiger charge is -2.39. The first kappa shape index (κ1) is 20.7. The third kappa shape index (κ3) is 4.62. The second-order valence-corrected chi connectivity index (χ2v) is 8.13. The second kappa shape index (κ2) is 9.98. The van der Waals surface area contributed by atoms with Crippen molar-refractivity contribution in [2.24, 2.45) is 0 Å². The number of anilines is 1. The molecule has 2 aromatic rings. The molecule has 0 saturated carbocycles. The molecule has 0 radical (unpaired) electrons. The van der Waals surface area contributed by atoms with E-state index in [0.29, 0.717) is 18.7 Å². The maximum absolute atomic E-state index is 13.4. The quantitative estimate of drug-likeness (QED) is 0.565. The number of hydrogen-bond donors (Lipinski definition) is 1. The van der Waals surface area contributed by atoms with Crippen LogP contribution in [0.2, 0.25) is 0 Å². The smallest absolute Gasteiger partial charge is 0.257 e. The van der Waals surface area contributed by atoms with E-state index >= 15 is 0 Å². The molecule has 1 N–H and O–H groups in total. The zero-order valence-corrected chi connectivity index (χ0v) is 17.8. The van der Waals surface area contributed by atoms with Gasteiger partial charge in [0.2, 0.25) is 0 Å². The minimum atomic E-state index is -0.275. The van der Waals surface area contributed by atoms with Crippen molar-refractivity contribution in [3.8, 4) is 5.75 Å². The number of fused-ring (bicyclic) bond motifs is 1. The maximum atomic E-state index is 13.4. The standard InChI is InChI=1S/C25H32N2O3/c1-2-3-4-9-16-30-23-15-8-6-13-21(23)24-26-22-14-7-5-12-20(22)25(28)27(24)18-19-11-10-17-29-19/h5-8,12-15,19,24,26H,2-4,9-11,16-18H2,1H3. The first-order chi connectivity index (χ1) is 14.8. The van der Waals surface area contributed by atoms with E-state index < -0.39 is 0 Å². The van der Waals surface area contributed by atoms with Crippen LogP contribution >= 0.6 is 0 Å². The summed E-state index contributed by atoms with van der Waals surface area (Å²) < 4.78 is 12.0. The highest BCUT2D eigenvalue weighted by molar-refractivity contribution is 6.01. The molecular weight excluding hydrogens is 376 g/mol. The largest absolute Gasteiger partial charge is 0.493 e. The van der Waals surface area contributed by atoms with Crippen LogP contribution in [-0.2, 0) is 4.74 Å². The molecule has 1 fully saturated rings. The molecule has 5 nitrogen and oxygen atoms in total. The summed E-state index contributed by atoms with van der Waals surface area (Å²) in [4.78, 5) is 15.3. The summed E-state index contributed by atoms with van der Waals surface area (Å²) in [6.45, 7) is 4.26. The molecule has 2 unspecified atom stereocenters. The zero-order valence-electron chi connectivity index (χ0n) is 17.8. The fourth-order valence-corrected chi connectivity index (χ4v) is 4.28. The lowest BCUT2D eigenvalue weighted by molar-refractivity contribution is 0.0424. The number of unbranched alkanes of at least 4 members (excludes halogenated alkanes) is 3. The predicted molar refractivity (Wildman–Crippen MR) is 119 cm³/mol. The molecule has 0 aliphatic carbocycles. The number of ether oxygens (including phenoxy) is 2. The van der Waals surface area contributed by atoms with Gasteiger partial charge in [-0.3, -0.25) is 4.79 Å². The molecule has 2 aliphatic heterocycles.